The van der Waals surface area contributed by atoms with Crippen molar-refractivity contribution in [1.29, 1.82) is 0 Å². The van der Waals surface area contributed by atoms with Gasteiger partial charge in [0.25, 0.3) is 0 Å². The summed E-state index contributed by atoms with van der Waals surface area (Å²) in [5.74, 6) is 0. The molecular formula is C9H20NO+. The second-order valence-electron chi connectivity index (χ2n) is 3.68. The molecule has 1 fully saturated rings. The van der Waals surface area contributed by atoms with E-state index in [0.29, 0.717) is 0 Å². The Bertz CT molecular complexity index is 121. The van der Waals surface area contributed by atoms with Crippen molar-refractivity contribution in [2.45, 2.75) is 32.8 Å². The van der Waals surface area contributed by atoms with Crippen LogP contribution < -0.4 is 0 Å². The average Bonchev–Trinajstić information content (AvgIpc) is 2.04. The minimum atomic E-state index is -0.0383. The zero-order valence-electron chi connectivity index (χ0n) is 7.71. The fourth-order valence-corrected chi connectivity index (χ4v) is 2.09. The van der Waals surface area contributed by atoms with E-state index in [9.17, 15) is 5.11 Å². The SMILES string of the molecule is CC[N+]1(CC)CCCC(O)C1. The van der Waals surface area contributed by atoms with E-state index in [0.717, 1.165) is 17.4 Å². The third kappa shape index (κ3) is 1.94. The van der Waals surface area contributed by atoms with Crippen LogP contribution in [0.25, 0.3) is 0 Å². The average molecular weight is 158 g/mol. The molecule has 0 aromatic carbocycles. The molecule has 0 spiro atoms. The quantitative estimate of drug-likeness (QED) is 0.594. The van der Waals surface area contributed by atoms with Crippen molar-refractivity contribution in [2.24, 2.45) is 0 Å². The Morgan fingerprint density at radius 3 is 2.36 bits per heavy atom. The smallest absolute Gasteiger partial charge is 0.105 e. The first-order chi connectivity index (χ1) is 5.22. The van der Waals surface area contributed by atoms with Gasteiger partial charge in [0, 0.05) is 0 Å². The Hall–Kier alpha value is -0.0800. The number of likely N-dealkylation sites (tertiary alicyclic amines) is 1. The minimum absolute atomic E-state index is 0.0383. The summed E-state index contributed by atoms with van der Waals surface area (Å²) in [7, 11) is 0. The Balaban J connectivity index is 2.52. The monoisotopic (exact) mass is 158 g/mol. The Kier molecular flexibility index (Phi) is 2.90. The predicted octanol–water partition coefficient (Wildman–Crippen LogP) is 0.998. The number of rotatable bonds is 2. The molecule has 1 aliphatic rings. The highest BCUT2D eigenvalue weighted by atomic mass is 16.3. The molecule has 1 rings (SSSR count). The molecule has 2 nitrogen and oxygen atoms in total. The van der Waals surface area contributed by atoms with E-state index in [1.54, 1.807) is 0 Å². The number of aliphatic hydroxyl groups excluding tert-OH is 1. The maximum atomic E-state index is 9.49. The van der Waals surface area contributed by atoms with Crippen molar-refractivity contribution >= 4 is 0 Å². The molecule has 1 atom stereocenters. The van der Waals surface area contributed by atoms with Crippen molar-refractivity contribution in [3.8, 4) is 0 Å². The summed E-state index contributed by atoms with van der Waals surface area (Å²) in [4.78, 5) is 0. The van der Waals surface area contributed by atoms with Crippen molar-refractivity contribution < 1.29 is 9.59 Å². The first-order valence-corrected chi connectivity index (χ1v) is 4.75. The van der Waals surface area contributed by atoms with E-state index in [1.165, 1.54) is 26.1 Å². The number of piperidine rings is 1. The second kappa shape index (κ2) is 3.55. The molecule has 0 amide bonds. The molecule has 2 heteroatoms. The summed E-state index contributed by atoms with van der Waals surface area (Å²) in [6, 6.07) is 0. The van der Waals surface area contributed by atoms with Crippen LogP contribution in [0.1, 0.15) is 26.7 Å². The van der Waals surface area contributed by atoms with Crippen molar-refractivity contribution in [2.75, 3.05) is 26.2 Å². The van der Waals surface area contributed by atoms with Gasteiger partial charge in [0.2, 0.25) is 0 Å². The van der Waals surface area contributed by atoms with E-state index in [2.05, 4.69) is 13.8 Å². The number of quaternary nitrogens is 1. The first kappa shape index (κ1) is 9.01. The molecule has 0 aromatic rings. The van der Waals surface area contributed by atoms with Gasteiger partial charge in [-0.2, -0.15) is 0 Å². The zero-order valence-corrected chi connectivity index (χ0v) is 7.71. The van der Waals surface area contributed by atoms with Crippen molar-refractivity contribution in [3.05, 3.63) is 0 Å². The molecule has 0 aliphatic carbocycles. The highest BCUT2D eigenvalue weighted by Crippen LogP contribution is 2.18. The molecule has 1 N–H and O–H groups in total. The molecule has 1 heterocycles. The highest BCUT2D eigenvalue weighted by Gasteiger charge is 2.30. The summed E-state index contributed by atoms with van der Waals surface area (Å²) in [5.41, 5.74) is 0. The number of likely N-dealkylation sites (N-methyl/N-ethyl adjacent to an activating group) is 1. The summed E-state index contributed by atoms with van der Waals surface area (Å²) in [6.07, 6.45) is 2.17. The van der Waals surface area contributed by atoms with E-state index >= 15 is 0 Å². The molecule has 0 bridgehead atoms. The Labute approximate surface area is 69.4 Å². The molecule has 0 aromatic heterocycles. The molecule has 11 heavy (non-hydrogen) atoms. The lowest BCUT2D eigenvalue weighted by Gasteiger charge is -2.41. The van der Waals surface area contributed by atoms with Gasteiger partial charge in [-0.1, -0.05) is 0 Å². The van der Waals surface area contributed by atoms with Gasteiger partial charge in [0.05, 0.1) is 19.6 Å². The third-order valence-electron chi connectivity index (χ3n) is 3.11. The molecule has 1 unspecified atom stereocenters. The van der Waals surface area contributed by atoms with Gasteiger partial charge in [0.15, 0.2) is 0 Å². The van der Waals surface area contributed by atoms with E-state index in [4.69, 9.17) is 0 Å². The van der Waals surface area contributed by atoms with E-state index in [-0.39, 0.29) is 6.10 Å². The zero-order chi connectivity index (χ0) is 8.32. The number of hydrogen-bond donors (Lipinski definition) is 1. The standard InChI is InChI=1S/C9H20NO/c1-3-10(4-2)7-5-6-9(11)8-10/h9,11H,3-8H2,1-2H3/q+1. The van der Waals surface area contributed by atoms with Gasteiger partial charge in [-0.15, -0.1) is 0 Å². The van der Waals surface area contributed by atoms with Gasteiger partial charge in [-0.3, -0.25) is 0 Å². The lowest BCUT2D eigenvalue weighted by Crippen LogP contribution is -2.55. The summed E-state index contributed by atoms with van der Waals surface area (Å²) in [5, 5.41) is 9.49. The summed E-state index contributed by atoms with van der Waals surface area (Å²) in [6.45, 7) is 9.04. The van der Waals surface area contributed by atoms with Gasteiger partial charge in [-0.05, 0) is 26.7 Å². The lowest BCUT2D eigenvalue weighted by atomic mass is 10.1. The molecule has 66 valence electrons. The van der Waals surface area contributed by atoms with Crippen LogP contribution in [0.4, 0.5) is 0 Å². The second-order valence-corrected chi connectivity index (χ2v) is 3.68. The van der Waals surface area contributed by atoms with Crippen LogP contribution in [0.3, 0.4) is 0 Å². The topological polar surface area (TPSA) is 20.2 Å². The molecule has 1 saturated heterocycles. The maximum Gasteiger partial charge on any atom is 0.105 e. The Morgan fingerprint density at radius 2 is 2.00 bits per heavy atom. The van der Waals surface area contributed by atoms with Gasteiger partial charge in [-0.25, -0.2) is 0 Å². The maximum absolute atomic E-state index is 9.49. The van der Waals surface area contributed by atoms with Crippen LogP contribution in [0.2, 0.25) is 0 Å². The van der Waals surface area contributed by atoms with Crippen LogP contribution in [0.5, 0.6) is 0 Å². The molecular weight excluding hydrogens is 138 g/mol. The Morgan fingerprint density at radius 1 is 1.36 bits per heavy atom. The first-order valence-electron chi connectivity index (χ1n) is 4.75. The van der Waals surface area contributed by atoms with Gasteiger partial charge >= 0.3 is 0 Å². The highest BCUT2D eigenvalue weighted by molar-refractivity contribution is 4.61. The van der Waals surface area contributed by atoms with Crippen LogP contribution in [0.15, 0.2) is 0 Å². The molecule has 1 aliphatic heterocycles. The number of hydrogen-bond acceptors (Lipinski definition) is 1. The van der Waals surface area contributed by atoms with Crippen LogP contribution in [0, 0.1) is 0 Å². The fourth-order valence-electron chi connectivity index (χ4n) is 2.09. The fraction of sp³-hybridized carbons (Fsp3) is 1.00. The van der Waals surface area contributed by atoms with Crippen molar-refractivity contribution in [1.82, 2.24) is 0 Å². The van der Waals surface area contributed by atoms with Gasteiger partial charge < -0.3 is 9.59 Å². The summed E-state index contributed by atoms with van der Waals surface area (Å²) >= 11 is 0. The number of nitrogens with zero attached hydrogens (tertiary/aromatic N) is 1. The summed E-state index contributed by atoms with van der Waals surface area (Å²) < 4.78 is 1.13. The minimum Gasteiger partial charge on any atom is -0.387 e. The third-order valence-corrected chi connectivity index (χ3v) is 3.11. The van der Waals surface area contributed by atoms with E-state index < -0.39 is 0 Å². The lowest BCUT2D eigenvalue weighted by molar-refractivity contribution is -0.932. The van der Waals surface area contributed by atoms with Crippen molar-refractivity contribution in [3.63, 3.8) is 0 Å². The predicted molar refractivity (Wildman–Crippen MR) is 46.3 cm³/mol. The van der Waals surface area contributed by atoms with E-state index in [1.807, 2.05) is 0 Å². The van der Waals surface area contributed by atoms with Crippen LogP contribution >= 0.6 is 0 Å². The largest absolute Gasteiger partial charge is 0.387 e. The molecule has 0 saturated carbocycles. The van der Waals surface area contributed by atoms with Crippen LogP contribution in [-0.4, -0.2) is 41.9 Å². The van der Waals surface area contributed by atoms with Gasteiger partial charge in [0.1, 0.15) is 12.6 Å². The number of aliphatic hydroxyl groups is 1. The molecule has 0 radical (unpaired) electrons. The normalized spacial score (nSPS) is 30.3. The van der Waals surface area contributed by atoms with Crippen LogP contribution in [-0.2, 0) is 0 Å².